The lowest BCUT2D eigenvalue weighted by molar-refractivity contribution is -0.132. The average molecular weight is 198 g/mol. The van der Waals surface area contributed by atoms with E-state index >= 15 is 0 Å². The Kier molecular flexibility index (Phi) is 3.50. The maximum atomic E-state index is 11.0. The minimum Gasteiger partial charge on any atom is -0.478 e. The van der Waals surface area contributed by atoms with Crippen molar-refractivity contribution < 1.29 is 14.7 Å². The van der Waals surface area contributed by atoms with Crippen molar-refractivity contribution in [2.45, 2.75) is 6.92 Å². The second-order valence-corrected chi connectivity index (χ2v) is 3.20. The second-order valence-electron chi connectivity index (χ2n) is 3.20. The summed E-state index contributed by atoms with van der Waals surface area (Å²) in [6.45, 7) is 4.27. The number of rotatable bonds is 2. The van der Waals surface area contributed by atoms with Gasteiger partial charge in [-0.15, -0.1) is 0 Å². The van der Waals surface area contributed by atoms with Crippen LogP contribution in [0.3, 0.4) is 0 Å². The summed E-state index contributed by atoms with van der Waals surface area (Å²) in [5, 5.41) is 8.41. The number of carboxylic acid groups (broad SMARTS) is 1. The third-order valence-electron chi connectivity index (χ3n) is 2.19. The Morgan fingerprint density at radius 3 is 2.21 bits per heavy atom. The fourth-order valence-electron chi connectivity index (χ4n) is 1.36. The smallest absolute Gasteiger partial charge is 0.329 e. The zero-order valence-corrected chi connectivity index (χ0v) is 8.14. The largest absolute Gasteiger partial charge is 0.478 e. The van der Waals surface area contributed by atoms with Crippen LogP contribution in [0.5, 0.6) is 0 Å². The summed E-state index contributed by atoms with van der Waals surface area (Å²) < 4.78 is 0. The minimum atomic E-state index is -0.945. The Morgan fingerprint density at radius 2 is 1.79 bits per heavy atom. The van der Waals surface area contributed by atoms with Crippen LogP contribution in [0.2, 0.25) is 0 Å². The number of hydrogen-bond donors (Lipinski definition) is 1. The lowest BCUT2D eigenvalue weighted by Crippen LogP contribution is -2.45. The molecule has 0 spiro atoms. The quantitative estimate of drug-likeness (QED) is 0.621. The number of carboxylic acids is 1. The first-order chi connectivity index (χ1) is 6.59. The van der Waals surface area contributed by atoms with Gasteiger partial charge in [0.1, 0.15) is 0 Å². The molecule has 1 aliphatic rings. The molecule has 14 heavy (non-hydrogen) atoms. The summed E-state index contributed by atoms with van der Waals surface area (Å²) in [6, 6.07) is 0. The molecule has 0 unspecified atom stereocenters. The van der Waals surface area contributed by atoms with Crippen molar-refractivity contribution in [3.05, 3.63) is 12.3 Å². The number of aliphatic carboxylic acids is 1. The van der Waals surface area contributed by atoms with Crippen LogP contribution in [0.15, 0.2) is 12.3 Å². The predicted molar refractivity (Wildman–Crippen MR) is 50.6 cm³/mol. The van der Waals surface area contributed by atoms with Gasteiger partial charge in [-0.2, -0.15) is 0 Å². The molecule has 1 N–H and O–H groups in total. The van der Waals surface area contributed by atoms with Crippen LogP contribution in [0, 0.1) is 0 Å². The van der Waals surface area contributed by atoms with E-state index in [2.05, 4.69) is 0 Å². The molecule has 5 nitrogen and oxygen atoms in total. The zero-order chi connectivity index (χ0) is 10.6. The predicted octanol–water partition coefficient (Wildman–Crippen LogP) is -0.251. The van der Waals surface area contributed by atoms with Crippen LogP contribution in [0.25, 0.3) is 0 Å². The number of nitrogens with zero attached hydrogens (tertiary/aromatic N) is 2. The number of carbonyl (C=O) groups excluding carboxylic acids is 1. The Hall–Kier alpha value is -1.52. The van der Waals surface area contributed by atoms with Crippen molar-refractivity contribution in [1.29, 1.82) is 0 Å². The number of carbonyl (C=O) groups is 2. The van der Waals surface area contributed by atoms with Gasteiger partial charge in [-0.1, -0.05) is 0 Å². The molecule has 78 valence electrons. The number of hydrogen-bond acceptors (Lipinski definition) is 3. The Morgan fingerprint density at radius 1 is 1.21 bits per heavy atom. The van der Waals surface area contributed by atoms with Gasteiger partial charge in [0.05, 0.1) is 0 Å². The molecule has 1 aliphatic heterocycles. The highest BCUT2D eigenvalue weighted by atomic mass is 16.4. The molecular formula is C9H14N2O3. The third-order valence-corrected chi connectivity index (χ3v) is 2.19. The number of piperazine rings is 1. The van der Waals surface area contributed by atoms with Gasteiger partial charge in [0.15, 0.2) is 0 Å². The molecule has 0 saturated carbocycles. The molecule has 0 atom stereocenters. The summed E-state index contributed by atoms with van der Waals surface area (Å²) >= 11 is 0. The highest BCUT2D eigenvalue weighted by Gasteiger charge is 2.15. The van der Waals surface area contributed by atoms with Gasteiger partial charge in [0.2, 0.25) is 5.91 Å². The van der Waals surface area contributed by atoms with E-state index in [9.17, 15) is 9.59 Å². The fourth-order valence-corrected chi connectivity index (χ4v) is 1.36. The molecule has 1 fully saturated rings. The first kappa shape index (κ1) is 10.6. The Balaban J connectivity index is 2.36. The normalized spacial score (nSPS) is 17.5. The van der Waals surface area contributed by atoms with E-state index in [1.807, 2.05) is 4.90 Å². The van der Waals surface area contributed by atoms with Crippen molar-refractivity contribution in [3.63, 3.8) is 0 Å². The van der Waals surface area contributed by atoms with E-state index in [4.69, 9.17) is 5.11 Å². The van der Waals surface area contributed by atoms with Crippen LogP contribution in [0.1, 0.15) is 6.92 Å². The highest BCUT2D eigenvalue weighted by molar-refractivity contribution is 5.79. The molecular weight excluding hydrogens is 184 g/mol. The summed E-state index contributed by atoms with van der Waals surface area (Å²) in [4.78, 5) is 24.9. The van der Waals surface area contributed by atoms with Gasteiger partial charge in [-0.05, 0) is 0 Å². The Labute approximate surface area is 82.6 Å². The van der Waals surface area contributed by atoms with Crippen LogP contribution >= 0.6 is 0 Å². The molecule has 0 radical (unpaired) electrons. The van der Waals surface area contributed by atoms with Crippen LogP contribution < -0.4 is 0 Å². The van der Waals surface area contributed by atoms with Gasteiger partial charge in [-0.25, -0.2) is 4.79 Å². The summed E-state index contributed by atoms with van der Waals surface area (Å²) in [6.07, 6.45) is 2.67. The number of amides is 1. The van der Waals surface area contributed by atoms with Gasteiger partial charge >= 0.3 is 5.97 Å². The first-order valence-electron chi connectivity index (χ1n) is 4.50. The minimum absolute atomic E-state index is 0.0758. The maximum absolute atomic E-state index is 11.0. The van der Waals surface area contributed by atoms with Gasteiger partial charge < -0.3 is 14.9 Å². The van der Waals surface area contributed by atoms with Crippen LogP contribution in [0.4, 0.5) is 0 Å². The molecule has 1 rings (SSSR count). The molecule has 0 bridgehead atoms. The molecule has 1 amide bonds. The lowest BCUT2D eigenvalue weighted by atomic mass is 10.3. The van der Waals surface area contributed by atoms with E-state index in [0.29, 0.717) is 26.2 Å². The standard InChI is InChI=1S/C9H14N2O3/c1-8(12)11-6-4-10(5-7-11)3-2-9(13)14/h2-3H,4-7H2,1H3,(H,13,14). The second kappa shape index (κ2) is 4.64. The molecule has 1 saturated heterocycles. The van der Waals surface area contributed by atoms with E-state index in [1.165, 1.54) is 0 Å². The lowest BCUT2D eigenvalue weighted by Gasteiger charge is -2.33. The average Bonchev–Trinajstić information content (AvgIpc) is 2.15. The van der Waals surface area contributed by atoms with Gasteiger partial charge in [-0.3, -0.25) is 4.79 Å². The monoisotopic (exact) mass is 198 g/mol. The molecule has 5 heteroatoms. The Bertz CT molecular complexity index is 255. The van der Waals surface area contributed by atoms with E-state index in [-0.39, 0.29) is 5.91 Å². The fraction of sp³-hybridized carbons (Fsp3) is 0.556. The molecule has 0 aromatic carbocycles. The third kappa shape index (κ3) is 3.08. The summed E-state index contributed by atoms with van der Waals surface area (Å²) in [5.41, 5.74) is 0. The van der Waals surface area contributed by atoms with Crippen molar-refractivity contribution >= 4 is 11.9 Å². The van der Waals surface area contributed by atoms with Crippen molar-refractivity contribution in [2.24, 2.45) is 0 Å². The molecule has 0 aromatic rings. The van der Waals surface area contributed by atoms with Gasteiger partial charge in [0.25, 0.3) is 0 Å². The van der Waals surface area contributed by atoms with Crippen LogP contribution in [-0.4, -0.2) is 53.0 Å². The van der Waals surface area contributed by atoms with Crippen molar-refractivity contribution in [1.82, 2.24) is 9.80 Å². The van der Waals surface area contributed by atoms with Crippen LogP contribution in [-0.2, 0) is 9.59 Å². The highest BCUT2D eigenvalue weighted by Crippen LogP contribution is 2.02. The zero-order valence-electron chi connectivity index (χ0n) is 8.14. The molecule has 1 heterocycles. The van der Waals surface area contributed by atoms with E-state index < -0.39 is 5.97 Å². The first-order valence-corrected chi connectivity index (χ1v) is 4.50. The SMILES string of the molecule is CC(=O)N1CCN(C=CC(=O)O)CC1. The van der Waals surface area contributed by atoms with Crippen molar-refractivity contribution in [3.8, 4) is 0 Å². The van der Waals surface area contributed by atoms with E-state index in [1.54, 1.807) is 18.0 Å². The van der Waals surface area contributed by atoms with Crippen molar-refractivity contribution in [2.75, 3.05) is 26.2 Å². The summed E-state index contributed by atoms with van der Waals surface area (Å²) in [7, 11) is 0. The topological polar surface area (TPSA) is 60.9 Å². The molecule has 0 aromatic heterocycles. The maximum Gasteiger partial charge on any atom is 0.329 e. The van der Waals surface area contributed by atoms with E-state index in [0.717, 1.165) is 6.08 Å². The van der Waals surface area contributed by atoms with Gasteiger partial charge in [0, 0.05) is 45.4 Å². The summed E-state index contributed by atoms with van der Waals surface area (Å²) in [5.74, 6) is -0.870. The molecule has 0 aliphatic carbocycles.